The zero-order chi connectivity index (χ0) is 26.4. The van der Waals surface area contributed by atoms with E-state index in [9.17, 15) is 4.79 Å². The second-order valence-electron chi connectivity index (χ2n) is 9.77. The maximum absolute atomic E-state index is 11.6. The van der Waals surface area contributed by atoms with E-state index in [1.165, 1.54) is 5.56 Å². The van der Waals surface area contributed by atoms with Crippen molar-refractivity contribution in [1.82, 2.24) is 9.88 Å². The van der Waals surface area contributed by atoms with E-state index in [0.717, 1.165) is 59.3 Å². The average Bonchev–Trinajstić information content (AvgIpc) is 3.21. The number of carbonyl (C=O) groups is 1. The summed E-state index contributed by atoms with van der Waals surface area (Å²) < 4.78 is 23.0. The van der Waals surface area contributed by atoms with Gasteiger partial charge in [0.05, 0.1) is 29.0 Å². The number of fused-ring (bicyclic) bond motifs is 1. The van der Waals surface area contributed by atoms with Crippen LogP contribution in [0.15, 0.2) is 36.4 Å². The summed E-state index contributed by atoms with van der Waals surface area (Å²) in [5.74, 6) is 2.16. The van der Waals surface area contributed by atoms with Gasteiger partial charge < -0.3 is 24.3 Å². The molecule has 2 aromatic carbocycles. The van der Waals surface area contributed by atoms with Gasteiger partial charge in [0.2, 0.25) is 0 Å². The fourth-order valence-corrected chi connectivity index (χ4v) is 5.32. The van der Waals surface area contributed by atoms with Crippen LogP contribution in [0, 0.1) is 0 Å². The summed E-state index contributed by atoms with van der Waals surface area (Å²) >= 11 is 1.57. The largest absolute Gasteiger partial charge is 0.513 e. The van der Waals surface area contributed by atoms with E-state index in [2.05, 4.69) is 22.3 Å². The lowest BCUT2D eigenvalue weighted by Crippen LogP contribution is -2.38. The molecule has 0 saturated carbocycles. The van der Waals surface area contributed by atoms with Crippen LogP contribution in [0.1, 0.15) is 53.0 Å². The molecule has 0 amide bonds. The van der Waals surface area contributed by atoms with Gasteiger partial charge in [-0.05, 0) is 77.3 Å². The van der Waals surface area contributed by atoms with E-state index in [0.29, 0.717) is 11.8 Å². The molecule has 37 heavy (non-hydrogen) atoms. The van der Waals surface area contributed by atoms with Crippen LogP contribution in [0.2, 0.25) is 0 Å². The number of nitrogens with zero attached hydrogens (tertiary/aromatic N) is 2. The Balaban J connectivity index is 1.33. The number of likely N-dealkylation sites (tertiary alicyclic amines) is 1. The maximum atomic E-state index is 11.6. The molecule has 1 fully saturated rings. The molecule has 0 aliphatic carbocycles. The quantitative estimate of drug-likeness (QED) is 0.237. The molecule has 9 heteroatoms. The summed E-state index contributed by atoms with van der Waals surface area (Å²) in [7, 11) is 0. The molecule has 1 aliphatic rings. The number of hydrogen-bond acceptors (Lipinski definition) is 9. The number of piperidine rings is 1. The van der Waals surface area contributed by atoms with Crippen LogP contribution in [0.3, 0.4) is 0 Å². The van der Waals surface area contributed by atoms with Gasteiger partial charge in [0.25, 0.3) is 0 Å². The van der Waals surface area contributed by atoms with Crippen LogP contribution < -0.4 is 19.5 Å². The number of nitrogens with one attached hydrogen (secondary N) is 1. The number of rotatable bonds is 10. The van der Waals surface area contributed by atoms with E-state index < -0.39 is 6.16 Å². The van der Waals surface area contributed by atoms with Crippen LogP contribution in [0.4, 0.5) is 9.93 Å². The summed E-state index contributed by atoms with van der Waals surface area (Å²) in [6, 6.07) is 12.0. The highest BCUT2D eigenvalue weighted by Gasteiger charge is 2.21. The predicted octanol–water partition coefficient (Wildman–Crippen LogP) is 6.48. The minimum Gasteiger partial charge on any atom is -0.491 e. The van der Waals surface area contributed by atoms with Crippen molar-refractivity contribution in [3.05, 3.63) is 42.0 Å². The summed E-state index contributed by atoms with van der Waals surface area (Å²) in [4.78, 5) is 18.8. The molecule has 4 rings (SSSR count). The van der Waals surface area contributed by atoms with Crippen LogP contribution in [-0.2, 0) is 11.3 Å². The molecule has 1 aromatic heterocycles. The van der Waals surface area contributed by atoms with Crippen molar-refractivity contribution in [2.45, 2.75) is 72.3 Å². The van der Waals surface area contributed by atoms with Crippen molar-refractivity contribution in [2.24, 2.45) is 0 Å². The summed E-state index contributed by atoms with van der Waals surface area (Å²) in [5, 5.41) is 4.49. The zero-order valence-corrected chi connectivity index (χ0v) is 23.1. The zero-order valence-electron chi connectivity index (χ0n) is 22.3. The fraction of sp³-hybridized carbons (Fsp3) is 0.500. The van der Waals surface area contributed by atoms with Crippen molar-refractivity contribution >= 4 is 32.8 Å². The van der Waals surface area contributed by atoms with Crippen molar-refractivity contribution in [1.29, 1.82) is 0 Å². The lowest BCUT2D eigenvalue weighted by atomic mass is 10.0. The van der Waals surface area contributed by atoms with Gasteiger partial charge in [-0.25, -0.2) is 9.78 Å². The van der Waals surface area contributed by atoms with Crippen LogP contribution in [-0.4, -0.2) is 54.0 Å². The van der Waals surface area contributed by atoms with E-state index in [-0.39, 0.29) is 18.8 Å². The van der Waals surface area contributed by atoms with Crippen LogP contribution in [0.5, 0.6) is 17.2 Å². The predicted molar refractivity (Wildman–Crippen MR) is 147 cm³/mol. The van der Waals surface area contributed by atoms with Gasteiger partial charge in [-0.2, -0.15) is 0 Å². The van der Waals surface area contributed by atoms with Gasteiger partial charge in [0.15, 0.2) is 5.13 Å². The first-order valence-corrected chi connectivity index (χ1v) is 13.8. The number of benzene rings is 2. The lowest BCUT2D eigenvalue weighted by molar-refractivity contribution is 0.104. The topological polar surface area (TPSA) is 82.2 Å². The Kier molecular flexibility index (Phi) is 9.10. The number of hydrogen-bond donors (Lipinski definition) is 1. The van der Waals surface area contributed by atoms with Gasteiger partial charge >= 0.3 is 6.16 Å². The van der Waals surface area contributed by atoms with E-state index in [1.807, 2.05) is 45.9 Å². The molecular formula is C28H37N3O5S. The normalized spacial score (nSPS) is 14.8. The molecule has 1 N–H and O–H groups in total. The van der Waals surface area contributed by atoms with Gasteiger partial charge in [0.1, 0.15) is 17.2 Å². The van der Waals surface area contributed by atoms with Crippen molar-refractivity contribution in [3.63, 3.8) is 0 Å². The molecule has 0 unspecified atom stereocenters. The maximum Gasteiger partial charge on any atom is 0.513 e. The molecule has 0 bridgehead atoms. The average molecular weight is 528 g/mol. The third-order valence-electron chi connectivity index (χ3n) is 5.83. The molecule has 0 atom stereocenters. The highest BCUT2D eigenvalue weighted by molar-refractivity contribution is 7.22. The first kappa shape index (κ1) is 27.0. The SMILES string of the molecule is CCOC(=O)Oc1ccc2nc(NC3CCN(Cc4cc(OC(C)C)cc(OC(C)C)c4)CC3)sc2c1. The van der Waals surface area contributed by atoms with Gasteiger partial charge in [-0.1, -0.05) is 11.3 Å². The first-order valence-electron chi connectivity index (χ1n) is 13.0. The lowest BCUT2D eigenvalue weighted by Gasteiger charge is -2.32. The number of thiazole rings is 1. The molecule has 3 aromatic rings. The third-order valence-corrected chi connectivity index (χ3v) is 6.78. The van der Waals surface area contributed by atoms with E-state index in [4.69, 9.17) is 23.9 Å². The summed E-state index contributed by atoms with van der Waals surface area (Å²) in [5.41, 5.74) is 2.08. The number of anilines is 1. The summed E-state index contributed by atoms with van der Waals surface area (Å²) in [6.07, 6.45) is 1.60. The molecular weight excluding hydrogens is 490 g/mol. The van der Waals surface area contributed by atoms with Crippen molar-refractivity contribution in [3.8, 4) is 17.2 Å². The number of carbonyl (C=O) groups excluding carboxylic acids is 1. The smallest absolute Gasteiger partial charge is 0.491 e. The minimum absolute atomic E-state index is 0.114. The Morgan fingerprint density at radius 1 is 1.03 bits per heavy atom. The highest BCUT2D eigenvalue weighted by Crippen LogP contribution is 2.31. The molecule has 200 valence electrons. The second-order valence-corrected chi connectivity index (χ2v) is 10.8. The Labute approximate surface area is 222 Å². The standard InChI is InChI=1S/C28H37N3O5S/c1-6-33-28(32)36-22-7-8-25-26(16-22)37-27(30-25)29-21-9-11-31(12-10-21)17-20-13-23(34-18(2)3)15-24(14-20)35-19(4)5/h7-8,13-16,18-19,21H,6,9-12,17H2,1-5H3,(H,29,30). The highest BCUT2D eigenvalue weighted by atomic mass is 32.1. The third kappa shape index (κ3) is 7.97. The molecule has 0 radical (unpaired) electrons. The van der Waals surface area contributed by atoms with Crippen molar-refractivity contribution < 1.29 is 23.7 Å². The number of ether oxygens (including phenoxy) is 4. The molecule has 1 aliphatic heterocycles. The first-order chi connectivity index (χ1) is 17.8. The fourth-order valence-electron chi connectivity index (χ4n) is 4.34. The van der Waals surface area contributed by atoms with Gasteiger partial charge in [-0.15, -0.1) is 0 Å². The number of aromatic nitrogens is 1. The molecule has 8 nitrogen and oxygen atoms in total. The minimum atomic E-state index is -0.695. The van der Waals surface area contributed by atoms with E-state index >= 15 is 0 Å². The molecule has 0 spiro atoms. The van der Waals surface area contributed by atoms with Gasteiger partial charge in [0, 0.05) is 37.8 Å². The second kappa shape index (κ2) is 12.5. The molecule has 2 heterocycles. The Morgan fingerprint density at radius 3 is 2.32 bits per heavy atom. The van der Waals surface area contributed by atoms with Crippen LogP contribution in [0.25, 0.3) is 10.2 Å². The molecule has 1 saturated heterocycles. The van der Waals surface area contributed by atoms with Gasteiger partial charge in [-0.3, -0.25) is 4.90 Å². The van der Waals surface area contributed by atoms with Crippen LogP contribution >= 0.6 is 11.3 Å². The Bertz CT molecular complexity index is 1160. The summed E-state index contributed by atoms with van der Waals surface area (Å²) in [6.45, 7) is 13.0. The van der Waals surface area contributed by atoms with Crippen molar-refractivity contribution in [2.75, 3.05) is 25.0 Å². The Hall–Kier alpha value is -3.04. The monoisotopic (exact) mass is 527 g/mol. The Morgan fingerprint density at radius 2 is 1.70 bits per heavy atom. The van der Waals surface area contributed by atoms with E-state index in [1.54, 1.807) is 24.3 Å².